The van der Waals surface area contributed by atoms with Gasteiger partial charge in [0, 0.05) is 12.6 Å². The number of nitrogens with one attached hydrogen (secondary N) is 1. The Kier molecular flexibility index (Phi) is 5.97. The normalized spacial score (nSPS) is 13.7. The molecule has 0 aliphatic carbocycles. The molecule has 0 bridgehead atoms. The molecule has 0 radical (unpaired) electrons. The maximum absolute atomic E-state index is 12.0. The second kappa shape index (κ2) is 7.03. The third kappa shape index (κ3) is 6.18. The summed E-state index contributed by atoms with van der Waals surface area (Å²) in [6.45, 7) is 6.53. The number of benzene rings is 1. The third-order valence-electron chi connectivity index (χ3n) is 2.82. The maximum Gasteiger partial charge on any atom is 0.216 e. The fraction of sp³-hybridized carbons (Fsp3) is 0.571. The van der Waals surface area contributed by atoms with Gasteiger partial charge in [-0.05, 0) is 30.4 Å². The van der Waals surface area contributed by atoms with Crippen LogP contribution in [-0.2, 0) is 22.3 Å². The van der Waals surface area contributed by atoms with E-state index in [1.165, 1.54) is 0 Å². The molecular formula is C14H24N2O2S. The summed E-state index contributed by atoms with van der Waals surface area (Å²) in [4.78, 5) is 0. The Bertz CT molecular complexity index is 481. The first-order chi connectivity index (χ1) is 8.82. The highest BCUT2D eigenvalue weighted by atomic mass is 32.2. The van der Waals surface area contributed by atoms with Gasteiger partial charge in [-0.1, -0.05) is 38.1 Å². The molecule has 1 rings (SSSR count). The van der Waals surface area contributed by atoms with Crippen molar-refractivity contribution < 1.29 is 8.42 Å². The maximum atomic E-state index is 12.0. The van der Waals surface area contributed by atoms with E-state index in [1.54, 1.807) is 0 Å². The van der Waals surface area contributed by atoms with E-state index >= 15 is 0 Å². The number of nitrogens with two attached hydrogens (primary N) is 1. The second-order valence-electron chi connectivity index (χ2n) is 5.43. The lowest BCUT2D eigenvalue weighted by molar-refractivity contribution is 0.482. The lowest BCUT2D eigenvalue weighted by Crippen LogP contribution is -2.34. The van der Waals surface area contributed by atoms with Crippen LogP contribution in [0.2, 0.25) is 0 Å². The van der Waals surface area contributed by atoms with Gasteiger partial charge in [0.15, 0.2) is 0 Å². The van der Waals surface area contributed by atoms with Crippen molar-refractivity contribution in [3.63, 3.8) is 0 Å². The molecule has 0 fully saturated rings. The third-order valence-corrected chi connectivity index (χ3v) is 4.30. The van der Waals surface area contributed by atoms with Crippen LogP contribution in [-0.4, -0.2) is 14.5 Å². The number of sulfonamides is 1. The molecule has 4 nitrogen and oxygen atoms in total. The first-order valence-corrected chi connectivity index (χ1v) is 8.25. The molecule has 5 heteroatoms. The van der Waals surface area contributed by atoms with Crippen LogP contribution in [0.1, 0.15) is 38.3 Å². The molecule has 0 aromatic heterocycles. The summed E-state index contributed by atoms with van der Waals surface area (Å²) < 4.78 is 26.7. The Balaban J connectivity index is 2.63. The van der Waals surface area contributed by atoms with Crippen LogP contribution in [0.4, 0.5) is 0 Å². The SMILES string of the molecule is CC(C)CC(C)NS(=O)(=O)Cc1ccc(CN)cc1. The molecular weight excluding hydrogens is 260 g/mol. The molecule has 0 aliphatic rings. The Morgan fingerprint density at radius 3 is 2.11 bits per heavy atom. The molecule has 1 aromatic rings. The van der Waals surface area contributed by atoms with Gasteiger partial charge in [-0.25, -0.2) is 13.1 Å². The van der Waals surface area contributed by atoms with Gasteiger partial charge in [0.1, 0.15) is 0 Å². The van der Waals surface area contributed by atoms with E-state index in [4.69, 9.17) is 5.73 Å². The highest BCUT2D eigenvalue weighted by Gasteiger charge is 2.16. The van der Waals surface area contributed by atoms with Crippen LogP contribution in [0.5, 0.6) is 0 Å². The van der Waals surface area contributed by atoms with Crippen LogP contribution in [0.15, 0.2) is 24.3 Å². The quantitative estimate of drug-likeness (QED) is 0.804. The predicted molar refractivity (Wildman–Crippen MR) is 79.0 cm³/mol. The molecule has 1 unspecified atom stereocenters. The van der Waals surface area contributed by atoms with E-state index in [9.17, 15) is 8.42 Å². The standard InChI is InChI=1S/C14H24N2O2S/c1-11(2)8-12(3)16-19(17,18)10-14-6-4-13(9-15)5-7-14/h4-7,11-12,16H,8-10,15H2,1-3H3. The summed E-state index contributed by atoms with van der Waals surface area (Å²) in [6, 6.07) is 7.32. The van der Waals surface area contributed by atoms with Gasteiger partial charge in [0.05, 0.1) is 5.75 Å². The van der Waals surface area contributed by atoms with Crippen molar-refractivity contribution in [2.45, 2.75) is 45.5 Å². The van der Waals surface area contributed by atoms with Crippen molar-refractivity contribution in [3.8, 4) is 0 Å². The molecule has 0 saturated carbocycles. The average Bonchev–Trinajstić information content (AvgIpc) is 2.27. The minimum Gasteiger partial charge on any atom is -0.326 e. The van der Waals surface area contributed by atoms with Crippen molar-refractivity contribution >= 4 is 10.0 Å². The summed E-state index contributed by atoms with van der Waals surface area (Å²) in [5.74, 6) is 0.488. The fourth-order valence-electron chi connectivity index (χ4n) is 2.09. The van der Waals surface area contributed by atoms with Crippen LogP contribution >= 0.6 is 0 Å². The van der Waals surface area contributed by atoms with E-state index in [0.717, 1.165) is 17.5 Å². The van der Waals surface area contributed by atoms with E-state index in [1.807, 2.05) is 31.2 Å². The van der Waals surface area contributed by atoms with Gasteiger partial charge in [-0.2, -0.15) is 0 Å². The average molecular weight is 284 g/mol. The Labute approximate surface area is 116 Å². The molecule has 0 spiro atoms. The van der Waals surface area contributed by atoms with Crippen LogP contribution in [0.3, 0.4) is 0 Å². The van der Waals surface area contributed by atoms with Crippen molar-refractivity contribution in [2.24, 2.45) is 11.7 Å². The molecule has 19 heavy (non-hydrogen) atoms. The zero-order chi connectivity index (χ0) is 14.5. The minimum atomic E-state index is -3.28. The van der Waals surface area contributed by atoms with Gasteiger partial charge in [-0.15, -0.1) is 0 Å². The van der Waals surface area contributed by atoms with Crippen LogP contribution < -0.4 is 10.5 Å². The molecule has 1 atom stereocenters. The van der Waals surface area contributed by atoms with E-state index in [2.05, 4.69) is 18.6 Å². The first-order valence-electron chi connectivity index (χ1n) is 6.60. The van der Waals surface area contributed by atoms with Gasteiger partial charge >= 0.3 is 0 Å². The highest BCUT2D eigenvalue weighted by Crippen LogP contribution is 2.10. The lowest BCUT2D eigenvalue weighted by atomic mass is 10.1. The van der Waals surface area contributed by atoms with Gasteiger partial charge in [0.25, 0.3) is 0 Å². The monoisotopic (exact) mass is 284 g/mol. The molecule has 3 N–H and O–H groups in total. The second-order valence-corrected chi connectivity index (χ2v) is 7.18. The Morgan fingerprint density at radius 2 is 1.63 bits per heavy atom. The van der Waals surface area contributed by atoms with Crippen molar-refractivity contribution in [1.82, 2.24) is 4.72 Å². The van der Waals surface area contributed by atoms with Crippen molar-refractivity contribution in [2.75, 3.05) is 0 Å². The molecule has 1 aromatic carbocycles. The topological polar surface area (TPSA) is 72.2 Å². The lowest BCUT2D eigenvalue weighted by Gasteiger charge is -2.16. The van der Waals surface area contributed by atoms with Crippen molar-refractivity contribution in [1.29, 1.82) is 0 Å². The summed E-state index contributed by atoms with van der Waals surface area (Å²) in [5, 5.41) is 0. The predicted octanol–water partition coefficient (Wildman–Crippen LogP) is 2.00. The smallest absolute Gasteiger partial charge is 0.216 e. The van der Waals surface area contributed by atoms with Crippen LogP contribution in [0.25, 0.3) is 0 Å². The van der Waals surface area contributed by atoms with E-state index in [-0.39, 0.29) is 11.8 Å². The van der Waals surface area contributed by atoms with E-state index < -0.39 is 10.0 Å². The largest absolute Gasteiger partial charge is 0.326 e. The summed E-state index contributed by atoms with van der Waals surface area (Å²) in [6.07, 6.45) is 0.839. The fourth-order valence-corrected chi connectivity index (χ4v) is 3.52. The van der Waals surface area contributed by atoms with Crippen molar-refractivity contribution in [3.05, 3.63) is 35.4 Å². The van der Waals surface area contributed by atoms with Gasteiger partial charge < -0.3 is 5.73 Å². The molecule has 108 valence electrons. The summed E-state index contributed by atoms with van der Waals surface area (Å²) in [7, 11) is -3.28. The minimum absolute atomic E-state index is 0.0142. The van der Waals surface area contributed by atoms with E-state index in [0.29, 0.717) is 12.5 Å². The zero-order valence-corrected chi connectivity index (χ0v) is 12.7. The first kappa shape index (κ1) is 16.1. The van der Waals surface area contributed by atoms with Gasteiger partial charge in [-0.3, -0.25) is 0 Å². The number of rotatable bonds is 7. The molecule has 0 saturated heterocycles. The van der Waals surface area contributed by atoms with Crippen LogP contribution in [0, 0.1) is 5.92 Å². The van der Waals surface area contributed by atoms with Gasteiger partial charge in [0.2, 0.25) is 10.0 Å². The highest BCUT2D eigenvalue weighted by molar-refractivity contribution is 7.88. The summed E-state index contributed by atoms with van der Waals surface area (Å²) >= 11 is 0. The number of hydrogen-bond donors (Lipinski definition) is 2. The zero-order valence-electron chi connectivity index (χ0n) is 11.9. The molecule has 0 aliphatic heterocycles. The molecule has 0 amide bonds. The molecule has 0 heterocycles. The Hall–Kier alpha value is -0.910. The Morgan fingerprint density at radius 1 is 1.11 bits per heavy atom. The number of hydrogen-bond acceptors (Lipinski definition) is 3. The summed E-state index contributed by atoms with van der Waals surface area (Å²) in [5.41, 5.74) is 7.29.